The van der Waals surface area contributed by atoms with E-state index in [4.69, 9.17) is 11.6 Å². The maximum absolute atomic E-state index is 11.2. The molecule has 0 atom stereocenters. The molecule has 0 spiro atoms. The summed E-state index contributed by atoms with van der Waals surface area (Å²) in [7, 11) is 3.21. The zero-order chi connectivity index (χ0) is 13.8. The number of esters is 1. The first-order valence-electron chi connectivity index (χ1n) is 5.46. The molecular weight excluding hydrogens is 286 g/mol. The SMILES string of the molecule is COC(=O)c1cnc(N(C)Cc2ccc(Cl)s2)cn1. The minimum Gasteiger partial charge on any atom is -0.464 e. The topological polar surface area (TPSA) is 55.3 Å². The smallest absolute Gasteiger partial charge is 0.358 e. The molecule has 7 heteroatoms. The molecule has 0 N–H and O–H groups in total. The van der Waals surface area contributed by atoms with Gasteiger partial charge in [-0.25, -0.2) is 14.8 Å². The first-order chi connectivity index (χ1) is 9.10. The summed E-state index contributed by atoms with van der Waals surface area (Å²) in [5.41, 5.74) is 0.193. The van der Waals surface area contributed by atoms with E-state index in [1.54, 1.807) is 6.20 Å². The minimum absolute atomic E-state index is 0.193. The van der Waals surface area contributed by atoms with Crippen LogP contribution in [0.1, 0.15) is 15.4 Å². The van der Waals surface area contributed by atoms with Crippen LogP contribution in [0.25, 0.3) is 0 Å². The van der Waals surface area contributed by atoms with Crippen molar-refractivity contribution in [1.82, 2.24) is 9.97 Å². The third-order valence-corrected chi connectivity index (χ3v) is 3.66. The second-order valence-electron chi connectivity index (χ2n) is 3.81. The molecule has 0 saturated carbocycles. The monoisotopic (exact) mass is 297 g/mol. The van der Waals surface area contributed by atoms with E-state index < -0.39 is 5.97 Å². The number of carbonyl (C=O) groups is 1. The molecule has 0 amide bonds. The van der Waals surface area contributed by atoms with Gasteiger partial charge in [0, 0.05) is 11.9 Å². The Kier molecular flexibility index (Phi) is 4.34. The first-order valence-corrected chi connectivity index (χ1v) is 6.65. The molecule has 0 aliphatic rings. The highest BCUT2D eigenvalue weighted by Gasteiger charge is 2.10. The molecule has 2 aromatic heterocycles. The normalized spacial score (nSPS) is 10.3. The number of rotatable bonds is 4. The van der Waals surface area contributed by atoms with E-state index in [1.807, 2.05) is 24.1 Å². The summed E-state index contributed by atoms with van der Waals surface area (Å²) in [6.07, 6.45) is 2.94. The third kappa shape index (κ3) is 3.42. The first kappa shape index (κ1) is 13.8. The highest BCUT2D eigenvalue weighted by Crippen LogP contribution is 2.23. The second-order valence-corrected chi connectivity index (χ2v) is 5.61. The number of ether oxygens (including phenoxy) is 1. The van der Waals surface area contributed by atoms with Crippen LogP contribution in [0.15, 0.2) is 24.5 Å². The summed E-state index contributed by atoms with van der Waals surface area (Å²) >= 11 is 7.41. The molecular formula is C12H12ClN3O2S. The van der Waals surface area contributed by atoms with E-state index in [2.05, 4.69) is 14.7 Å². The van der Waals surface area contributed by atoms with Gasteiger partial charge in [0.2, 0.25) is 0 Å². The Balaban J connectivity index is 2.07. The maximum Gasteiger partial charge on any atom is 0.358 e. The number of aromatic nitrogens is 2. The molecule has 0 saturated heterocycles. The van der Waals surface area contributed by atoms with Crippen molar-refractivity contribution >= 4 is 34.7 Å². The largest absolute Gasteiger partial charge is 0.464 e. The van der Waals surface area contributed by atoms with Gasteiger partial charge in [-0.1, -0.05) is 11.6 Å². The average molecular weight is 298 g/mol. The predicted octanol–water partition coefficient (Wildman–Crippen LogP) is 2.61. The van der Waals surface area contributed by atoms with Gasteiger partial charge in [0.25, 0.3) is 0 Å². The highest BCUT2D eigenvalue weighted by molar-refractivity contribution is 7.16. The number of halogens is 1. The predicted molar refractivity (Wildman–Crippen MR) is 74.8 cm³/mol. The third-order valence-electron chi connectivity index (χ3n) is 2.45. The molecule has 100 valence electrons. The van der Waals surface area contributed by atoms with Crippen LogP contribution in [-0.2, 0) is 11.3 Å². The summed E-state index contributed by atoms with van der Waals surface area (Å²) < 4.78 is 5.33. The average Bonchev–Trinajstić information content (AvgIpc) is 2.83. The van der Waals surface area contributed by atoms with E-state index in [9.17, 15) is 4.79 Å². The van der Waals surface area contributed by atoms with Crippen molar-refractivity contribution in [3.8, 4) is 0 Å². The van der Waals surface area contributed by atoms with Crippen molar-refractivity contribution in [2.75, 3.05) is 19.1 Å². The van der Waals surface area contributed by atoms with Crippen LogP contribution in [0.3, 0.4) is 0 Å². The van der Waals surface area contributed by atoms with Crippen LogP contribution in [0.2, 0.25) is 4.34 Å². The molecule has 5 nitrogen and oxygen atoms in total. The Morgan fingerprint density at radius 3 is 2.74 bits per heavy atom. The summed E-state index contributed by atoms with van der Waals surface area (Å²) in [4.78, 5) is 22.5. The van der Waals surface area contributed by atoms with E-state index in [1.165, 1.54) is 24.6 Å². The van der Waals surface area contributed by atoms with Gasteiger partial charge in [0.15, 0.2) is 5.69 Å². The van der Waals surface area contributed by atoms with Gasteiger partial charge < -0.3 is 9.64 Å². The molecule has 0 aromatic carbocycles. The molecule has 0 unspecified atom stereocenters. The van der Waals surface area contributed by atoms with Crippen LogP contribution in [0.5, 0.6) is 0 Å². The van der Waals surface area contributed by atoms with E-state index in [0.29, 0.717) is 12.4 Å². The quantitative estimate of drug-likeness (QED) is 0.812. The molecule has 0 fully saturated rings. The number of methoxy groups -OCH3 is 1. The van der Waals surface area contributed by atoms with Crippen molar-refractivity contribution in [3.05, 3.63) is 39.4 Å². The van der Waals surface area contributed by atoms with Gasteiger partial charge in [-0.3, -0.25) is 0 Å². The second kappa shape index (κ2) is 5.99. The Morgan fingerprint density at radius 1 is 1.42 bits per heavy atom. The van der Waals surface area contributed by atoms with Crippen molar-refractivity contribution in [2.24, 2.45) is 0 Å². The van der Waals surface area contributed by atoms with Crippen molar-refractivity contribution in [1.29, 1.82) is 0 Å². The zero-order valence-electron chi connectivity index (χ0n) is 10.5. The Hall–Kier alpha value is -1.66. The van der Waals surface area contributed by atoms with Gasteiger partial charge in [-0.15, -0.1) is 11.3 Å². The van der Waals surface area contributed by atoms with Crippen LogP contribution < -0.4 is 4.90 Å². The molecule has 0 aliphatic heterocycles. The summed E-state index contributed by atoms with van der Waals surface area (Å²) in [6.45, 7) is 0.684. The summed E-state index contributed by atoms with van der Waals surface area (Å²) in [5.74, 6) is 0.184. The Labute approximate surface area is 119 Å². The number of nitrogens with zero attached hydrogens (tertiary/aromatic N) is 3. The summed E-state index contributed by atoms with van der Waals surface area (Å²) in [6, 6.07) is 3.83. The molecule has 0 bridgehead atoms. The minimum atomic E-state index is -0.494. The number of hydrogen-bond acceptors (Lipinski definition) is 6. The van der Waals surface area contributed by atoms with Gasteiger partial charge in [0.05, 0.1) is 30.4 Å². The number of hydrogen-bond donors (Lipinski definition) is 0. The van der Waals surface area contributed by atoms with Gasteiger partial charge in [-0.2, -0.15) is 0 Å². The molecule has 0 radical (unpaired) electrons. The van der Waals surface area contributed by atoms with Crippen LogP contribution in [0.4, 0.5) is 5.82 Å². The fourth-order valence-electron chi connectivity index (χ4n) is 1.48. The Bertz CT molecular complexity index is 571. The molecule has 19 heavy (non-hydrogen) atoms. The van der Waals surface area contributed by atoms with Crippen LogP contribution >= 0.6 is 22.9 Å². The lowest BCUT2D eigenvalue weighted by Gasteiger charge is -2.16. The number of thiophene rings is 1. The fraction of sp³-hybridized carbons (Fsp3) is 0.250. The van der Waals surface area contributed by atoms with Gasteiger partial charge in [-0.05, 0) is 12.1 Å². The lowest BCUT2D eigenvalue weighted by atomic mass is 10.4. The maximum atomic E-state index is 11.2. The van der Waals surface area contributed by atoms with Crippen LogP contribution in [0, 0.1) is 0 Å². The fourth-order valence-corrected chi connectivity index (χ4v) is 2.62. The number of anilines is 1. The Morgan fingerprint density at radius 2 is 2.21 bits per heavy atom. The standard InChI is InChI=1S/C12H12ClN3O2S/c1-16(7-8-3-4-10(13)19-8)11-6-14-9(5-15-11)12(17)18-2/h3-6H,7H2,1-2H3. The van der Waals surface area contributed by atoms with E-state index in [-0.39, 0.29) is 5.69 Å². The van der Waals surface area contributed by atoms with Gasteiger partial charge in [0.1, 0.15) is 5.82 Å². The lowest BCUT2D eigenvalue weighted by Crippen LogP contribution is -2.18. The lowest BCUT2D eigenvalue weighted by molar-refractivity contribution is 0.0593. The van der Waals surface area contributed by atoms with Crippen LogP contribution in [-0.4, -0.2) is 30.1 Å². The van der Waals surface area contributed by atoms with Crippen molar-refractivity contribution < 1.29 is 9.53 Å². The number of carbonyl (C=O) groups excluding carboxylic acids is 1. The zero-order valence-corrected chi connectivity index (χ0v) is 12.0. The van der Waals surface area contributed by atoms with Gasteiger partial charge >= 0.3 is 5.97 Å². The van der Waals surface area contributed by atoms with Crippen molar-refractivity contribution in [3.63, 3.8) is 0 Å². The molecule has 2 heterocycles. The highest BCUT2D eigenvalue weighted by atomic mass is 35.5. The van der Waals surface area contributed by atoms with E-state index >= 15 is 0 Å². The molecule has 2 aromatic rings. The molecule has 2 rings (SSSR count). The van der Waals surface area contributed by atoms with E-state index in [0.717, 1.165) is 9.21 Å². The van der Waals surface area contributed by atoms with Crippen molar-refractivity contribution in [2.45, 2.75) is 6.54 Å². The molecule has 0 aliphatic carbocycles. The summed E-state index contributed by atoms with van der Waals surface area (Å²) in [5, 5.41) is 0.